The number of nitro benzene ring substituents is 1. The van der Waals surface area contributed by atoms with E-state index in [-0.39, 0.29) is 23.6 Å². The van der Waals surface area contributed by atoms with Crippen molar-refractivity contribution in [1.82, 2.24) is 4.57 Å². The van der Waals surface area contributed by atoms with E-state index >= 15 is 0 Å². The van der Waals surface area contributed by atoms with Crippen LogP contribution in [0.1, 0.15) is 37.9 Å². The summed E-state index contributed by atoms with van der Waals surface area (Å²) in [5, 5.41) is 11.4. The van der Waals surface area contributed by atoms with Crippen LogP contribution in [0.5, 0.6) is 11.5 Å². The van der Waals surface area contributed by atoms with Gasteiger partial charge in [0.25, 0.3) is 11.2 Å². The van der Waals surface area contributed by atoms with E-state index in [2.05, 4.69) is 4.99 Å². The van der Waals surface area contributed by atoms with Crippen LogP contribution >= 0.6 is 11.3 Å². The fourth-order valence-corrected chi connectivity index (χ4v) is 5.13. The number of nitro groups is 1. The number of allylic oxidation sites excluding steroid dienone is 1. The molecule has 1 aliphatic heterocycles. The van der Waals surface area contributed by atoms with E-state index in [4.69, 9.17) is 14.2 Å². The van der Waals surface area contributed by atoms with Gasteiger partial charge in [-0.15, -0.1) is 0 Å². The van der Waals surface area contributed by atoms with E-state index in [1.54, 1.807) is 44.2 Å². The molecule has 0 aliphatic carbocycles. The lowest BCUT2D eigenvalue weighted by Gasteiger charge is -2.24. The normalized spacial score (nSPS) is 14.9. The van der Waals surface area contributed by atoms with Crippen LogP contribution in [0, 0.1) is 10.1 Å². The number of hydrogen-bond donors (Lipinski definition) is 0. The van der Waals surface area contributed by atoms with Gasteiger partial charge in [-0.2, -0.15) is 0 Å². The van der Waals surface area contributed by atoms with Crippen LogP contribution in [-0.4, -0.2) is 35.1 Å². The number of aromatic nitrogens is 1. The van der Waals surface area contributed by atoms with Crippen LogP contribution in [0.2, 0.25) is 0 Å². The molecule has 0 unspecified atom stereocenters. The van der Waals surface area contributed by atoms with Crippen molar-refractivity contribution in [2.24, 2.45) is 4.99 Å². The van der Waals surface area contributed by atoms with E-state index in [0.29, 0.717) is 31.9 Å². The quantitative estimate of drug-likeness (QED) is 0.194. The topological polar surface area (TPSA) is 139 Å². The molecule has 0 bridgehead atoms. The molecule has 11 nitrogen and oxygen atoms in total. The van der Waals surface area contributed by atoms with E-state index < -0.39 is 28.5 Å². The van der Waals surface area contributed by atoms with Gasteiger partial charge in [-0.3, -0.25) is 24.3 Å². The molecule has 0 N–H and O–H groups in total. The zero-order chi connectivity index (χ0) is 27.6. The summed E-state index contributed by atoms with van der Waals surface area (Å²) in [7, 11) is 1.43. The first-order valence-corrected chi connectivity index (χ1v) is 12.3. The summed E-state index contributed by atoms with van der Waals surface area (Å²) in [4.78, 5) is 53.7. The number of thiazole rings is 1. The van der Waals surface area contributed by atoms with Gasteiger partial charge in [-0.1, -0.05) is 29.5 Å². The highest BCUT2D eigenvalue weighted by atomic mass is 32.1. The molecule has 2 aromatic carbocycles. The van der Waals surface area contributed by atoms with Crippen molar-refractivity contribution in [3.8, 4) is 11.5 Å². The molecular formula is C26H23N3O8S. The van der Waals surface area contributed by atoms with Gasteiger partial charge in [-0.05, 0) is 43.2 Å². The predicted octanol–water partition coefficient (Wildman–Crippen LogP) is 2.64. The molecule has 38 heavy (non-hydrogen) atoms. The molecule has 0 fully saturated rings. The van der Waals surface area contributed by atoms with Crippen molar-refractivity contribution in [1.29, 1.82) is 0 Å². The minimum Gasteiger partial charge on any atom is -0.493 e. The third-order valence-electron chi connectivity index (χ3n) is 5.65. The zero-order valence-corrected chi connectivity index (χ0v) is 21.7. The van der Waals surface area contributed by atoms with Crippen molar-refractivity contribution in [2.45, 2.75) is 26.8 Å². The van der Waals surface area contributed by atoms with E-state index in [1.165, 1.54) is 36.8 Å². The number of non-ortho nitro benzene ring substituents is 1. The molecule has 3 aromatic rings. The Morgan fingerprint density at radius 1 is 1.21 bits per heavy atom. The molecule has 0 saturated carbocycles. The first kappa shape index (κ1) is 26.5. The summed E-state index contributed by atoms with van der Waals surface area (Å²) in [5.74, 6) is -0.626. The summed E-state index contributed by atoms with van der Waals surface area (Å²) in [6.45, 7) is 4.67. The van der Waals surface area contributed by atoms with Crippen LogP contribution in [-0.2, 0) is 14.3 Å². The first-order chi connectivity index (χ1) is 18.1. The van der Waals surface area contributed by atoms with E-state index in [9.17, 15) is 24.5 Å². The zero-order valence-electron chi connectivity index (χ0n) is 20.9. The third-order valence-corrected chi connectivity index (χ3v) is 6.64. The fourth-order valence-electron chi connectivity index (χ4n) is 4.08. The maximum Gasteiger partial charge on any atom is 0.338 e. The average molecular weight is 538 g/mol. The number of carbonyl (C=O) groups excluding carboxylic acids is 2. The highest BCUT2D eigenvalue weighted by molar-refractivity contribution is 7.07. The van der Waals surface area contributed by atoms with Gasteiger partial charge in [0.15, 0.2) is 16.3 Å². The van der Waals surface area contributed by atoms with E-state index in [0.717, 1.165) is 11.3 Å². The average Bonchev–Trinajstić information content (AvgIpc) is 3.18. The van der Waals surface area contributed by atoms with Gasteiger partial charge in [0.2, 0.25) is 0 Å². The summed E-state index contributed by atoms with van der Waals surface area (Å²) in [6, 6.07) is 9.63. The smallest absolute Gasteiger partial charge is 0.338 e. The summed E-state index contributed by atoms with van der Waals surface area (Å²) in [6.07, 6.45) is 1.62. The highest BCUT2D eigenvalue weighted by Crippen LogP contribution is 2.32. The summed E-state index contributed by atoms with van der Waals surface area (Å²) in [5.41, 5.74) is 0.816. The number of hydrogen-bond acceptors (Lipinski definition) is 10. The maximum atomic E-state index is 13.7. The molecule has 1 aromatic heterocycles. The number of benzene rings is 2. The van der Waals surface area contributed by atoms with Gasteiger partial charge in [-0.25, -0.2) is 9.79 Å². The Morgan fingerprint density at radius 2 is 1.97 bits per heavy atom. The number of esters is 2. The second-order valence-electron chi connectivity index (χ2n) is 8.16. The standard InChI is InChI=1S/C26H23N3O8S/c1-5-36-25(32)22-14(2)27-26-28(23(22)17-7-6-8-18(13-17)29(33)34)24(31)21(38-26)12-16-9-10-19(37-15(3)30)20(11-16)35-4/h6-13,23H,5H2,1-4H3/t23-/m1/s1. The number of carbonyl (C=O) groups is 2. The Labute approximate surface area is 220 Å². The van der Waals surface area contributed by atoms with E-state index in [1.807, 2.05) is 0 Å². The Morgan fingerprint density at radius 3 is 2.63 bits per heavy atom. The summed E-state index contributed by atoms with van der Waals surface area (Å²) < 4.78 is 17.3. The molecular weight excluding hydrogens is 514 g/mol. The number of methoxy groups -OCH3 is 1. The second kappa shape index (κ2) is 10.8. The molecule has 0 radical (unpaired) electrons. The second-order valence-corrected chi connectivity index (χ2v) is 9.17. The van der Waals surface area contributed by atoms with Gasteiger partial charge in [0.05, 0.1) is 40.5 Å². The SMILES string of the molecule is CCOC(=O)C1=C(C)N=c2sc(=Cc3ccc(OC(C)=O)c(OC)c3)c(=O)n2[C@@H]1c1cccc([N+](=O)[O-])c1. The van der Waals surface area contributed by atoms with Gasteiger partial charge < -0.3 is 14.2 Å². The number of nitrogens with zero attached hydrogens (tertiary/aromatic N) is 3. The van der Waals surface area contributed by atoms with Crippen molar-refractivity contribution in [3.05, 3.63) is 94.7 Å². The number of fused-ring (bicyclic) bond motifs is 1. The number of ether oxygens (including phenoxy) is 3. The fraction of sp³-hybridized carbons (Fsp3) is 0.231. The van der Waals surface area contributed by atoms with Crippen LogP contribution in [0.3, 0.4) is 0 Å². The lowest BCUT2D eigenvalue weighted by Crippen LogP contribution is -2.40. The van der Waals surface area contributed by atoms with Crippen molar-refractivity contribution in [3.63, 3.8) is 0 Å². The molecule has 0 spiro atoms. The number of rotatable bonds is 7. The van der Waals surface area contributed by atoms with Gasteiger partial charge >= 0.3 is 11.9 Å². The van der Waals surface area contributed by atoms with Gasteiger partial charge in [0, 0.05) is 19.1 Å². The molecule has 1 atom stereocenters. The first-order valence-electron chi connectivity index (χ1n) is 11.4. The van der Waals surface area contributed by atoms with Gasteiger partial charge in [0.1, 0.15) is 0 Å². The predicted molar refractivity (Wildman–Crippen MR) is 138 cm³/mol. The van der Waals surface area contributed by atoms with Crippen LogP contribution in [0.25, 0.3) is 6.08 Å². The largest absolute Gasteiger partial charge is 0.493 e. The molecule has 12 heteroatoms. The molecule has 2 heterocycles. The lowest BCUT2D eigenvalue weighted by molar-refractivity contribution is -0.384. The monoisotopic (exact) mass is 537 g/mol. The lowest BCUT2D eigenvalue weighted by atomic mass is 9.95. The minimum absolute atomic E-state index is 0.104. The third kappa shape index (κ3) is 5.11. The van der Waals surface area contributed by atoms with Crippen molar-refractivity contribution in [2.75, 3.05) is 13.7 Å². The van der Waals surface area contributed by atoms with Crippen LogP contribution in [0.4, 0.5) is 5.69 Å². The Balaban J connectivity index is 1.92. The molecule has 4 rings (SSSR count). The van der Waals surface area contributed by atoms with Crippen LogP contribution < -0.4 is 24.4 Å². The Hall–Kier alpha value is -4.58. The molecule has 1 aliphatic rings. The molecule has 196 valence electrons. The summed E-state index contributed by atoms with van der Waals surface area (Å²) >= 11 is 1.11. The highest BCUT2D eigenvalue weighted by Gasteiger charge is 2.34. The minimum atomic E-state index is -0.978. The van der Waals surface area contributed by atoms with Crippen LogP contribution in [0.15, 0.2) is 63.5 Å². The molecule has 0 saturated heterocycles. The van der Waals surface area contributed by atoms with Crippen molar-refractivity contribution >= 4 is 35.0 Å². The Bertz CT molecular complexity index is 1670. The van der Waals surface area contributed by atoms with Crippen molar-refractivity contribution < 1.29 is 28.7 Å². The maximum absolute atomic E-state index is 13.7. The Kier molecular flexibility index (Phi) is 7.53. The molecule has 0 amide bonds.